The van der Waals surface area contributed by atoms with Gasteiger partial charge in [0.25, 0.3) is 0 Å². The molecule has 0 heterocycles. The van der Waals surface area contributed by atoms with Crippen LogP contribution in [0.5, 0.6) is 5.75 Å². The second-order valence-corrected chi connectivity index (χ2v) is 5.36. The van der Waals surface area contributed by atoms with E-state index in [1.54, 1.807) is 7.11 Å². The summed E-state index contributed by atoms with van der Waals surface area (Å²) in [7, 11) is 1.58. The molecular weight excluding hydrogens is 252 g/mol. The van der Waals surface area contributed by atoms with Crippen molar-refractivity contribution >= 4 is 17.6 Å². The van der Waals surface area contributed by atoms with Gasteiger partial charge in [-0.2, -0.15) is 0 Å². The first-order chi connectivity index (χ1) is 8.36. The van der Waals surface area contributed by atoms with Crippen molar-refractivity contribution in [2.24, 2.45) is 0 Å². The summed E-state index contributed by atoms with van der Waals surface area (Å²) in [5.41, 5.74) is 2.67. The fraction of sp³-hybridized carbons (Fsp3) is 0.500. The minimum absolute atomic E-state index is 0.649. The quantitative estimate of drug-likeness (QED) is 0.914. The molecule has 1 fully saturated rings. The lowest BCUT2D eigenvalue weighted by molar-refractivity contribution is -0.140. The van der Waals surface area contributed by atoms with Gasteiger partial charge in [-0.25, -0.2) is 0 Å². The van der Waals surface area contributed by atoms with Crippen LogP contribution in [0, 0.1) is 20.8 Å². The van der Waals surface area contributed by atoms with Crippen LogP contribution in [-0.4, -0.2) is 18.2 Å². The van der Waals surface area contributed by atoms with E-state index in [1.165, 1.54) is 0 Å². The Morgan fingerprint density at radius 2 is 1.78 bits per heavy atom. The molecule has 0 radical (unpaired) electrons. The lowest BCUT2D eigenvalue weighted by atomic mass is 9.87. The Hall–Kier alpha value is -1.22. The molecule has 2 rings (SSSR count). The third kappa shape index (κ3) is 1.61. The number of methoxy groups -OCH3 is 1. The molecule has 4 heteroatoms. The van der Waals surface area contributed by atoms with E-state index in [0.717, 1.165) is 22.3 Å². The number of aliphatic carboxylic acids is 1. The Balaban J connectivity index is 2.78. The molecule has 0 spiro atoms. The average Bonchev–Trinajstić information content (AvgIpc) is 3.12. The van der Waals surface area contributed by atoms with Gasteiger partial charge in [-0.1, -0.05) is 11.6 Å². The molecule has 3 nitrogen and oxygen atoms in total. The summed E-state index contributed by atoms with van der Waals surface area (Å²) >= 11 is 6.31. The molecule has 98 valence electrons. The van der Waals surface area contributed by atoms with Crippen molar-refractivity contribution in [3.05, 3.63) is 27.3 Å². The highest BCUT2D eigenvalue weighted by Crippen LogP contribution is 2.55. The standard InChI is InChI=1S/C14H17ClO3/c1-7-8(2)12(18-4)10(9(3)11(7)15)14(5-6-14)13(16)17/h5-6H2,1-4H3,(H,16,17). The van der Waals surface area contributed by atoms with Crippen LogP contribution < -0.4 is 4.74 Å². The van der Waals surface area contributed by atoms with Crippen LogP contribution in [0.15, 0.2) is 0 Å². The SMILES string of the molecule is COc1c(C)c(C)c(Cl)c(C)c1C1(C(=O)O)CC1. The molecular formula is C14H17ClO3. The average molecular weight is 269 g/mol. The first-order valence-corrected chi connectivity index (χ1v) is 6.31. The van der Waals surface area contributed by atoms with Gasteiger partial charge in [-0.15, -0.1) is 0 Å². The zero-order chi connectivity index (χ0) is 13.7. The highest BCUT2D eigenvalue weighted by atomic mass is 35.5. The number of hydrogen-bond donors (Lipinski definition) is 1. The van der Waals surface area contributed by atoms with E-state index in [-0.39, 0.29) is 0 Å². The molecule has 0 unspecified atom stereocenters. The predicted octanol–water partition coefficient (Wildman–Crippen LogP) is 3.39. The molecule has 0 saturated heterocycles. The first-order valence-electron chi connectivity index (χ1n) is 5.94. The number of carbonyl (C=O) groups is 1. The molecule has 1 aliphatic rings. The van der Waals surface area contributed by atoms with Gasteiger partial charge in [-0.3, -0.25) is 4.79 Å². The van der Waals surface area contributed by atoms with Crippen LogP contribution in [0.4, 0.5) is 0 Å². The van der Waals surface area contributed by atoms with Crippen LogP contribution >= 0.6 is 11.6 Å². The van der Waals surface area contributed by atoms with Crippen LogP contribution in [0.3, 0.4) is 0 Å². The second-order valence-electron chi connectivity index (χ2n) is 4.98. The topological polar surface area (TPSA) is 46.5 Å². The number of rotatable bonds is 3. The Bertz CT molecular complexity index is 531. The van der Waals surface area contributed by atoms with Gasteiger partial charge in [0.15, 0.2) is 0 Å². The summed E-state index contributed by atoms with van der Waals surface area (Å²) in [6.45, 7) is 5.72. The predicted molar refractivity (Wildman–Crippen MR) is 70.8 cm³/mol. The first kappa shape index (κ1) is 13.2. The molecule has 0 bridgehead atoms. The number of halogens is 1. The van der Waals surface area contributed by atoms with E-state index >= 15 is 0 Å². The van der Waals surface area contributed by atoms with Gasteiger partial charge in [-0.05, 0) is 50.3 Å². The number of carboxylic acid groups (broad SMARTS) is 1. The molecule has 0 atom stereocenters. The van der Waals surface area contributed by atoms with E-state index in [2.05, 4.69) is 0 Å². The lowest BCUT2D eigenvalue weighted by Gasteiger charge is -2.22. The van der Waals surface area contributed by atoms with Gasteiger partial charge in [0.1, 0.15) is 5.75 Å². The summed E-state index contributed by atoms with van der Waals surface area (Å²) in [6, 6.07) is 0. The second kappa shape index (κ2) is 4.16. The van der Waals surface area contributed by atoms with E-state index in [4.69, 9.17) is 16.3 Å². The zero-order valence-corrected chi connectivity index (χ0v) is 11.8. The molecule has 1 N–H and O–H groups in total. The van der Waals surface area contributed by atoms with Crippen LogP contribution in [0.2, 0.25) is 5.02 Å². The van der Waals surface area contributed by atoms with Crippen molar-refractivity contribution in [3.8, 4) is 5.75 Å². The molecule has 0 aliphatic heterocycles. The number of benzene rings is 1. The molecule has 1 aliphatic carbocycles. The summed E-state index contributed by atoms with van der Waals surface area (Å²) in [4.78, 5) is 11.5. The Kier molecular flexibility index (Phi) is 3.06. The Labute approximate surface area is 112 Å². The summed E-state index contributed by atoms with van der Waals surface area (Å²) in [5, 5.41) is 10.1. The third-order valence-electron chi connectivity index (χ3n) is 4.01. The molecule has 1 saturated carbocycles. The maximum Gasteiger partial charge on any atom is 0.314 e. The van der Waals surface area contributed by atoms with Crippen molar-refractivity contribution in [2.75, 3.05) is 7.11 Å². The van der Waals surface area contributed by atoms with Gasteiger partial charge in [0.2, 0.25) is 0 Å². The number of carboxylic acids is 1. The molecule has 1 aromatic carbocycles. The maximum atomic E-state index is 11.5. The monoisotopic (exact) mass is 268 g/mol. The van der Waals surface area contributed by atoms with Crippen molar-refractivity contribution in [1.29, 1.82) is 0 Å². The van der Waals surface area contributed by atoms with E-state index in [0.29, 0.717) is 23.6 Å². The van der Waals surface area contributed by atoms with Gasteiger partial charge >= 0.3 is 5.97 Å². The minimum Gasteiger partial charge on any atom is -0.496 e. The van der Waals surface area contributed by atoms with Gasteiger partial charge < -0.3 is 9.84 Å². The summed E-state index contributed by atoms with van der Waals surface area (Å²) in [6.07, 6.45) is 1.30. The largest absolute Gasteiger partial charge is 0.496 e. The van der Waals surface area contributed by atoms with E-state index in [1.807, 2.05) is 20.8 Å². The molecule has 0 amide bonds. The smallest absolute Gasteiger partial charge is 0.314 e. The molecule has 0 aromatic heterocycles. The van der Waals surface area contributed by atoms with Crippen molar-refractivity contribution in [2.45, 2.75) is 39.0 Å². The maximum absolute atomic E-state index is 11.5. The van der Waals surface area contributed by atoms with Crippen LogP contribution in [0.1, 0.15) is 35.1 Å². The fourth-order valence-corrected chi connectivity index (χ4v) is 2.85. The normalized spacial score (nSPS) is 16.5. The highest BCUT2D eigenvalue weighted by Gasteiger charge is 2.54. The van der Waals surface area contributed by atoms with Gasteiger partial charge in [0.05, 0.1) is 12.5 Å². The Morgan fingerprint density at radius 1 is 1.22 bits per heavy atom. The third-order valence-corrected chi connectivity index (χ3v) is 4.57. The minimum atomic E-state index is -0.794. The Morgan fingerprint density at radius 3 is 2.17 bits per heavy atom. The lowest BCUT2D eigenvalue weighted by Crippen LogP contribution is -2.22. The zero-order valence-electron chi connectivity index (χ0n) is 11.1. The van der Waals surface area contributed by atoms with Crippen molar-refractivity contribution in [1.82, 2.24) is 0 Å². The molecule has 18 heavy (non-hydrogen) atoms. The molecule has 1 aromatic rings. The number of ether oxygens (including phenoxy) is 1. The summed E-state index contributed by atoms with van der Waals surface area (Å²) < 4.78 is 5.45. The van der Waals surface area contributed by atoms with Crippen LogP contribution in [-0.2, 0) is 10.2 Å². The van der Waals surface area contributed by atoms with Crippen molar-refractivity contribution in [3.63, 3.8) is 0 Å². The van der Waals surface area contributed by atoms with Crippen molar-refractivity contribution < 1.29 is 14.6 Å². The fourth-order valence-electron chi connectivity index (χ4n) is 2.61. The highest BCUT2D eigenvalue weighted by molar-refractivity contribution is 6.32. The summed E-state index contributed by atoms with van der Waals surface area (Å²) in [5.74, 6) is -0.113. The number of hydrogen-bond acceptors (Lipinski definition) is 2. The van der Waals surface area contributed by atoms with Crippen LogP contribution in [0.25, 0.3) is 0 Å². The van der Waals surface area contributed by atoms with E-state index in [9.17, 15) is 9.90 Å². The van der Waals surface area contributed by atoms with Gasteiger partial charge in [0, 0.05) is 10.6 Å². The van der Waals surface area contributed by atoms with E-state index < -0.39 is 11.4 Å².